The standard InChI is InChI=1S/C19H16FN5O3S3/c20-13-9-25(31(27,28)17-3-1-2-14-18(17)24-30-23-14)7-6-12(13)19(26)22-11-4-5-16-15(8-11)21-10-29-16/h1-5,8,10,12-13H,6-7,9H2,(H,22,26). The maximum atomic E-state index is 15.0. The van der Waals surface area contributed by atoms with E-state index in [9.17, 15) is 17.6 Å². The molecule has 8 nitrogen and oxygen atoms in total. The van der Waals surface area contributed by atoms with Gasteiger partial charge in [-0.2, -0.15) is 13.1 Å². The van der Waals surface area contributed by atoms with Crippen molar-refractivity contribution in [2.45, 2.75) is 17.5 Å². The second kappa shape index (κ2) is 7.86. The number of benzene rings is 2. The Balaban J connectivity index is 1.31. The SMILES string of the molecule is O=C(Nc1ccc2scnc2c1)C1CCN(S(=O)(=O)c2cccc3nsnc23)CC1F. The van der Waals surface area contributed by atoms with E-state index in [1.165, 1.54) is 17.4 Å². The van der Waals surface area contributed by atoms with Crippen molar-refractivity contribution in [3.05, 3.63) is 41.9 Å². The molecule has 1 aliphatic heterocycles. The molecule has 2 aromatic heterocycles. The Bertz CT molecular complexity index is 1390. The van der Waals surface area contributed by atoms with Crippen LogP contribution in [0.5, 0.6) is 0 Å². The summed E-state index contributed by atoms with van der Waals surface area (Å²) in [5, 5.41) is 2.73. The summed E-state index contributed by atoms with van der Waals surface area (Å²) in [6, 6.07) is 10.0. The van der Waals surface area contributed by atoms with Crippen LogP contribution in [-0.2, 0) is 14.8 Å². The van der Waals surface area contributed by atoms with Crippen LogP contribution in [-0.4, -0.2) is 51.6 Å². The van der Waals surface area contributed by atoms with Gasteiger partial charge in [0.25, 0.3) is 0 Å². The first-order chi connectivity index (χ1) is 14.9. The summed E-state index contributed by atoms with van der Waals surface area (Å²) in [5.41, 5.74) is 3.76. The van der Waals surface area contributed by atoms with Crippen LogP contribution in [0.4, 0.5) is 10.1 Å². The monoisotopic (exact) mass is 477 g/mol. The number of carbonyl (C=O) groups is 1. The van der Waals surface area contributed by atoms with Crippen LogP contribution in [0.25, 0.3) is 21.3 Å². The molecule has 12 heteroatoms. The van der Waals surface area contributed by atoms with Gasteiger partial charge in [-0.05, 0) is 36.8 Å². The smallest absolute Gasteiger partial charge is 0.245 e. The number of halogens is 1. The summed E-state index contributed by atoms with van der Waals surface area (Å²) in [4.78, 5) is 16.9. The predicted molar refractivity (Wildman–Crippen MR) is 117 cm³/mol. The summed E-state index contributed by atoms with van der Waals surface area (Å²) < 4.78 is 51.4. The summed E-state index contributed by atoms with van der Waals surface area (Å²) >= 11 is 2.41. The molecular weight excluding hydrogens is 461 g/mol. The Hall–Kier alpha value is -2.54. The number of hydrogen-bond donors (Lipinski definition) is 1. The van der Waals surface area contributed by atoms with E-state index in [1.54, 1.807) is 29.8 Å². The molecule has 5 rings (SSSR count). The number of nitrogens with zero attached hydrogens (tertiary/aromatic N) is 4. The van der Waals surface area contributed by atoms with Crippen molar-refractivity contribution in [2.75, 3.05) is 18.4 Å². The number of piperidine rings is 1. The quantitative estimate of drug-likeness (QED) is 0.484. The molecule has 1 amide bonds. The molecule has 0 aliphatic carbocycles. The molecule has 2 aromatic carbocycles. The lowest BCUT2D eigenvalue weighted by Crippen LogP contribution is -2.48. The van der Waals surface area contributed by atoms with E-state index in [2.05, 4.69) is 19.0 Å². The van der Waals surface area contributed by atoms with Gasteiger partial charge >= 0.3 is 0 Å². The minimum atomic E-state index is -3.96. The first-order valence-corrected chi connectivity index (χ1v) is 12.5. The van der Waals surface area contributed by atoms with Crippen molar-refractivity contribution in [3.63, 3.8) is 0 Å². The molecule has 2 atom stereocenters. The molecule has 0 bridgehead atoms. The largest absolute Gasteiger partial charge is 0.326 e. The number of carbonyl (C=O) groups excluding carboxylic acids is 1. The number of nitrogens with one attached hydrogen (secondary N) is 1. The highest BCUT2D eigenvalue weighted by Gasteiger charge is 2.39. The number of anilines is 1. The number of thiazole rings is 1. The fourth-order valence-corrected chi connectivity index (χ4v) is 6.56. The van der Waals surface area contributed by atoms with Crippen molar-refractivity contribution >= 4 is 65.9 Å². The highest BCUT2D eigenvalue weighted by atomic mass is 32.2. The van der Waals surface area contributed by atoms with Crippen molar-refractivity contribution in [2.24, 2.45) is 5.92 Å². The molecule has 31 heavy (non-hydrogen) atoms. The zero-order valence-electron chi connectivity index (χ0n) is 15.9. The molecule has 0 radical (unpaired) electrons. The van der Waals surface area contributed by atoms with Gasteiger partial charge in [-0.1, -0.05) is 6.07 Å². The summed E-state index contributed by atoms with van der Waals surface area (Å²) in [7, 11) is -3.96. The van der Waals surface area contributed by atoms with Crippen LogP contribution in [0.3, 0.4) is 0 Å². The van der Waals surface area contributed by atoms with Gasteiger partial charge in [0.1, 0.15) is 22.1 Å². The number of aromatic nitrogens is 3. The van der Waals surface area contributed by atoms with Gasteiger partial charge in [-0.25, -0.2) is 17.8 Å². The minimum absolute atomic E-state index is 0.00502. The fourth-order valence-electron chi connectivity index (χ4n) is 3.69. The maximum absolute atomic E-state index is 15.0. The number of amides is 1. The number of fused-ring (bicyclic) bond motifs is 2. The molecule has 0 spiro atoms. The fraction of sp³-hybridized carbons (Fsp3) is 0.263. The maximum Gasteiger partial charge on any atom is 0.245 e. The third kappa shape index (κ3) is 3.69. The highest BCUT2D eigenvalue weighted by Crippen LogP contribution is 2.30. The predicted octanol–water partition coefficient (Wildman–Crippen LogP) is 3.29. The Morgan fingerprint density at radius 3 is 2.90 bits per heavy atom. The Morgan fingerprint density at radius 1 is 1.19 bits per heavy atom. The molecule has 160 valence electrons. The van der Waals surface area contributed by atoms with Crippen LogP contribution in [0.1, 0.15) is 6.42 Å². The first kappa shape index (κ1) is 20.4. The number of rotatable bonds is 4. The average molecular weight is 478 g/mol. The minimum Gasteiger partial charge on any atom is -0.326 e. The van der Waals surface area contributed by atoms with Gasteiger partial charge in [0.05, 0.1) is 33.4 Å². The normalized spacial score (nSPS) is 20.3. The second-order valence-corrected chi connectivity index (χ2v) is 10.5. The Labute approximate surface area is 185 Å². The zero-order valence-corrected chi connectivity index (χ0v) is 18.4. The van der Waals surface area contributed by atoms with E-state index >= 15 is 0 Å². The van der Waals surface area contributed by atoms with E-state index in [1.807, 2.05) is 6.07 Å². The summed E-state index contributed by atoms with van der Waals surface area (Å²) in [5.74, 6) is -1.40. The van der Waals surface area contributed by atoms with Crippen LogP contribution in [0.2, 0.25) is 0 Å². The Kier molecular flexibility index (Phi) is 5.16. The van der Waals surface area contributed by atoms with E-state index in [4.69, 9.17) is 0 Å². The van der Waals surface area contributed by atoms with E-state index < -0.39 is 28.0 Å². The van der Waals surface area contributed by atoms with Crippen molar-refractivity contribution < 1.29 is 17.6 Å². The molecule has 4 aromatic rings. The van der Waals surface area contributed by atoms with Crippen molar-refractivity contribution in [1.29, 1.82) is 0 Å². The van der Waals surface area contributed by atoms with Gasteiger partial charge in [0.15, 0.2) is 0 Å². The zero-order chi connectivity index (χ0) is 21.6. The molecule has 1 N–H and O–H groups in total. The highest BCUT2D eigenvalue weighted by molar-refractivity contribution is 7.89. The molecular formula is C19H16FN5O3S3. The van der Waals surface area contributed by atoms with Crippen molar-refractivity contribution in [3.8, 4) is 0 Å². The number of hydrogen-bond acceptors (Lipinski definition) is 8. The number of alkyl halides is 1. The lowest BCUT2D eigenvalue weighted by atomic mass is 9.95. The van der Waals surface area contributed by atoms with Gasteiger partial charge in [0, 0.05) is 18.8 Å². The van der Waals surface area contributed by atoms with Gasteiger partial charge in [-0.3, -0.25) is 4.79 Å². The summed E-state index contributed by atoms with van der Waals surface area (Å²) in [6.07, 6.45) is -1.55. The lowest BCUT2D eigenvalue weighted by molar-refractivity contribution is -0.123. The molecule has 2 unspecified atom stereocenters. The van der Waals surface area contributed by atoms with E-state index in [0.29, 0.717) is 11.2 Å². The van der Waals surface area contributed by atoms with E-state index in [0.717, 1.165) is 26.3 Å². The molecule has 3 heterocycles. The van der Waals surface area contributed by atoms with Crippen LogP contribution in [0.15, 0.2) is 46.8 Å². The van der Waals surface area contributed by atoms with Gasteiger partial charge in [0.2, 0.25) is 15.9 Å². The molecule has 1 aliphatic rings. The third-order valence-electron chi connectivity index (χ3n) is 5.31. The summed E-state index contributed by atoms with van der Waals surface area (Å²) in [6.45, 7) is -0.348. The molecule has 1 saturated heterocycles. The van der Waals surface area contributed by atoms with Crippen molar-refractivity contribution in [1.82, 2.24) is 18.0 Å². The lowest BCUT2D eigenvalue weighted by Gasteiger charge is -2.33. The number of sulfonamides is 1. The van der Waals surface area contributed by atoms with Crippen LogP contribution in [0, 0.1) is 5.92 Å². The second-order valence-electron chi connectivity index (χ2n) is 7.19. The third-order valence-corrected chi connectivity index (χ3v) is 8.55. The Morgan fingerprint density at radius 2 is 2.06 bits per heavy atom. The molecule has 1 fully saturated rings. The van der Waals surface area contributed by atoms with Crippen LogP contribution < -0.4 is 5.32 Å². The first-order valence-electron chi connectivity index (χ1n) is 9.43. The van der Waals surface area contributed by atoms with Gasteiger partial charge in [-0.15, -0.1) is 11.3 Å². The average Bonchev–Trinajstić information content (AvgIpc) is 3.42. The van der Waals surface area contributed by atoms with E-state index in [-0.39, 0.29) is 29.9 Å². The topological polar surface area (TPSA) is 105 Å². The van der Waals surface area contributed by atoms with Gasteiger partial charge < -0.3 is 5.32 Å². The molecule has 0 saturated carbocycles. The van der Waals surface area contributed by atoms with Crippen LogP contribution >= 0.6 is 23.1 Å².